The van der Waals surface area contributed by atoms with E-state index in [2.05, 4.69) is 4.98 Å². The number of hydrogen-bond acceptors (Lipinski definition) is 4. The molecule has 1 amide bonds. The zero-order valence-corrected chi connectivity index (χ0v) is 18.6. The first-order chi connectivity index (χ1) is 15.5. The summed E-state index contributed by atoms with van der Waals surface area (Å²) in [4.78, 5) is 32.4. The van der Waals surface area contributed by atoms with E-state index in [1.54, 1.807) is 21.9 Å². The second-order valence-electron chi connectivity index (χ2n) is 8.58. The fourth-order valence-corrected chi connectivity index (χ4v) is 4.44. The van der Waals surface area contributed by atoms with E-state index in [9.17, 15) is 14.7 Å². The number of aromatic nitrogens is 3. The van der Waals surface area contributed by atoms with Gasteiger partial charge in [-0.15, -0.1) is 0 Å². The highest BCUT2D eigenvalue weighted by Crippen LogP contribution is 2.30. The quantitative estimate of drug-likeness (QED) is 0.647. The molecule has 1 fully saturated rings. The van der Waals surface area contributed by atoms with E-state index in [1.165, 1.54) is 0 Å². The smallest absolute Gasteiger partial charge is 0.263 e. The molecule has 0 spiro atoms. The number of aryl methyl sites for hydroxylation is 4. The summed E-state index contributed by atoms with van der Waals surface area (Å²) < 4.78 is 3.46. The minimum Gasteiger partial charge on any atom is -0.385 e. The highest BCUT2D eigenvalue weighted by Gasteiger charge is 2.31. The van der Waals surface area contributed by atoms with Gasteiger partial charge in [0.05, 0.1) is 0 Å². The average molecular weight is 435 g/mol. The number of carbonyl (C=O) groups excluding carboxylic acids is 1. The summed E-state index contributed by atoms with van der Waals surface area (Å²) in [5.74, 6) is 0.473. The maximum Gasteiger partial charge on any atom is 0.263 e. The maximum absolute atomic E-state index is 13.3. The largest absolute Gasteiger partial charge is 0.385 e. The van der Waals surface area contributed by atoms with Crippen LogP contribution in [0.2, 0.25) is 0 Å². The molecule has 7 heteroatoms. The zero-order chi connectivity index (χ0) is 22.7. The van der Waals surface area contributed by atoms with Gasteiger partial charge in [-0.3, -0.25) is 9.59 Å². The van der Waals surface area contributed by atoms with Gasteiger partial charge in [0.1, 0.15) is 17.5 Å². The molecule has 1 aliphatic rings. The number of aliphatic hydroxyl groups excluding tert-OH is 1. The van der Waals surface area contributed by atoms with Crippen molar-refractivity contribution in [2.45, 2.75) is 38.8 Å². The minimum absolute atomic E-state index is 0.0413. The third-order valence-electron chi connectivity index (χ3n) is 6.47. The number of nitrogens with zero attached hydrogens (tertiary/aromatic N) is 4. The zero-order valence-electron chi connectivity index (χ0n) is 18.6. The summed E-state index contributed by atoms with van der Waals surface area (Å²) in [7, 11) is 1.87. The number of aliphatic hydroxyl groups is 1. The Balaban J connectivity index is 1.44. The number of pyridine rings is 1. The van der Waals surface area contributed by atoms with Crippen molar-refractivity contribution < 1.29 is 9.90 Å². The first-order valence-corrected chi connectivity index (χ1v) is 11.1. The molecule has 1 atom stereocenters. The van der Waals surface area contributed by atoms with Gasteiger partial charge in [-0.05, 0) is 49.3 Å². The van der Waals surface area contributed by atoms with E-state index in [0.717, 1.165) is 12.0 Å². The van der Waals surface area contributed by atoms with Crippen LogP contribution < -0.4 is 5.56 Å². The van der Waals surface area contributed by atoms with E-state index in [-0.39, 0.29) is 22.9 Å². The van der Waals surface area contributed by atoms with Crippen molar-refractivity contribution in [3.8, 4) is 0 Å². The monoisotopic (exact) mass is 434 g/mol. The van der Waals surface area contributed by atoms with Crippen LogP contribution in [0.5, 0.6) is 0 Å². The van der Waals surface area contributed by atoms with E-state index < -0.39 is 6.10 Å². The Morgan fingerprint density at radius 3 is 2.53 bits per heavy atom. The Labute approximate surface area is 187 Å². The molecule has 0 aliphatic carbocycles. The van der Waals surface area contributed by atoms with Crippen molar-refractivity contribution in [2.24, 2.45) is 13.0 Å². The van der Waals surface area contributed by atoms with Crippen LogP contribution in [0.15, 0.2) is 59.8 Å². The second kappa shape index (κ2) is 9.53. The van der Waals surface area contributed by atoms with Crippen molar-refractivity contribution in [1.82, 2.24) is 19.0 Å². The van der Waals surface area contributed by atoms with Crippen LogP contribution in [-0.4, -0.2) is 43.1 Å². The number of amides is 1. The summed E-state index contributed by atoms with van der Waals surface area (Å²) in [6.45, 7) is 3.38. The van der Waals surface area contributed by atoms with Crippen molar-refractivity contribution in [3.05, 3.63) is 87.9 Å². The Morgan fingerprint density at radius 2 is 1.88 bits per heavy atom. The normalized spacial score (nSPS) is 15.7. The lowest BCUT2D eigenvalue weighted by Gasteiger charge is -2.34. The number of piperidine rings is 1. The van der Waals surface area contributed by atoms with Gasteiger partial charge in [0.2, 0.25) is 0 Å². The highest BCUT2D eigenvalue weighted by molar-refractivity contribution is 5.95. The molecule has 0 saturated carbocycles. The van der Waals surface area contributed by atoms with Gasteiger partial charge in [-0.1, -0.05) is 30.3 Å². The molecule has 1 aliphatic heterocycles. The molecule has 4 rings (SSSR count). The molecule has 3 aromatic rings. The van der Waals surface area contributed by atoms with Crippen LogP contribution in [0.3, 0.4) is 0 Å². The van der Waals surface area contributed by atoms with Crippen molar-refractivity contribution in [2.75, 3.05) is 13.1 Å². The summed E-state index contributed by atoms with van der Waals surface area (Å²) >= 11 is 0. The minimum atomic E-state index is -0.652. The lowest BCUT2D eigenvalue weighted by atomic mass is 9.90. The number of benzene rings is 1. The lowest BCUT2D eigenvalue weighted by molar-refractivity contribution is 0.0418. The van der Waals surface area contributed by atoms with Crippen LogP contribution >= 0.6 is 0 Å². The lowest BCUT2D eigenvalue weighted by Crippen LogP contribution is -2.43. The van der Waals surface area contributed by atoms with Gasteiger partial charge in [0, 0.05) is 45.3 Å². The van der Waals surface area contributed by atoms with Crippen LogP contribution in [0.1, 0.15) is 46.3 Å². The first-order valence-electron chi connectivity index (χ1n) is 11.1. The fourth-order valence-electron chi connectivity index (χ4n) is 4.44. The van der Waals surface area contributed by atoms with Crippen molar-refractivity contribution in [3.63, 3.8) is 0 Å². The molecule has 32 heavy (non-hydrogen) atoms. The number of carbonyl (C=O) groups is 1. The molecular weight excluding hydrogens is 404 g/mol. The van der Waals surface area contributed by atoms with Crippen LogP contribution in [-0.2, 0) is 20.0 Å². The highest BCUT2D eigenvalue weighted by atomic mass is 16.3. The molecule has 0 radical (unpaired) electrons. The van der Waals surface area contributed by atoms with Crippen LogP contribution in [0, 0.1) is 12.8 Å². The first kappa shape index (κ1) is 22.0. The van der Waals surface area contributed by atoms with E-state index in [4.69, 9.17) is 0 Å². The molecule has 1 saturated heterocycles. The van der Waals surface area contributed by atoms with Gasteiger partial charge in [-0.2, -0.15) is 0 Å². The number of imidazole rings is 1. The third-order valence-corrected chi connectivity index (χ3v) is 6.47. The molecule has 0 bridgehead atoms. The van der Waals surface area contributed by atoms with E-state index in [1.807, 2.05) is 61.1 Å². The van der Waals surface area contributed by atoms with Gasteiger partial charge in [0.25, 0.3) is 11.5 Å². The van der Waals surface area contributed by atoms with Crippen LogP contribution in [0.25, 0.3) is 0 Å². The molecule has 168 valence electrons. The summed E-state index contributed by atoms with van der Waals surface area (Å²) in [5, 5.41) is 10.7. The maximum atomic E-state index is 13.3. The van der Waals surface area contributed by atoms with Crippen molar-refractivity contribution in [1.29, 1.82) is 0 Å². The number of likely N-dealkylation sites (tertiary alicyclic amines) is 1. The molecular formula is C25H30N4O3. The SMILES string of the molecule is Cc1ccn(CCc2ccccc2)c(=O)c1C(=O)N1CCC(C(O)c2nccn2C)CC1. The fraction of sp³-hybridized carbons (Fsp3) is 0.400. The summed E-state index contributed by atoms with van der Waals surface area (Å²) in [6.07, 6.45) is 6.69. The standard InChI is InChI=1S/C25H30N4O3/c1-18-8-13-28(14-9-19-6-4-3-5-7-19)24(31)21(18)25(32)29-15-10-20(11-16-29)22(30)23-26-12-17-27(23)2/h3-8,12-13,17,20,22,30H,9-11,14-16H2,1-2H3. The predicted molar refractivity (Wildman–Crippen MR) is 122 cm³/mol. The van der Waals surface area contributed by atoms with Gasteiger partial charge < -0.3 is 19.1 Å². The van der Waals surface area contributed by atoms with Gasteiger partial charge in [-0.25, -0.2) is 4.98 Å². The van der Waals surface area contributed by atoms with E-state index >= 15 is 0 Å². The predicted octanol–water partition coefficient (Wildman–Crippen LogP) is 2.72. The Morgan fingerprint density at radius 1 is 1.16 bits per heavy atom. The van der Waals surface area contributed by atoms with Gasteiger partial charge >= 0.3 is 0 Å². The molecule has 7 nitrogen and oxygen atoms in total. The Hall–Kier alpha value is -3.19. The molecule has 3 heterocycles. The third kappa shape index (κ3) is 4.53. The molecule has 1 aromatic carbocycles. The second-order valence-corrected chi connectivity index (χ2v) is 8.58. The van der Waals surface area contributed by atoms with Gasteiger partial charge in [0.15, 0.2) is 0 Å². The topological polar surface area (TPSA) is 80.4 Å². The number of hydrogen-bond donors (Lipinski definition) is 1. The molecule has 1 unspecified atom stereocenters. The summed E-state index contributed by atoms with van der Waals surface area (Å²) in [6, 6.07) is 11.9. The molecule has 1 N–H and O–H groups in total. The summed E-state index contributed by atoms with van der Waals surface area (Å²) in [5.41, 5.74) is 1.87. The number of rotatable bonds is 6. The van der Waals surface area contributed by atoms with Crippen molar-refractivity contribution >= 4 is 5.91 Å². The van der Waals surface area contributed by atoms with Crippen LogP contribution in [0.4, 0.5) is 0 Å². The Kier molecular flexibility index (Phi) is 6.55. The molecule has 2 aromatic heterocycles. The average Bonchev–Trinajstić information content (AvgIpc) is 3.24. The Bertz CT molecular complexity index is 1130. The van der Waals surface area contributed by atoms with E-state index in [0.29, 0.717) is 43.9 Å².